The summed E-state index contributed by atoms with van der Waals surface area (Å²) in [4.78, 5) is 6.65. The highest BCUT2D eigenvalue weighted by Crippen LogP contribution is 2.23. The number of hydrogen-bond donors (Lipinski definition) is 2. The number of rotatable bonds is 8. The van der Waals surface area contributed by atoms with E-state index >= 15 is 0 Å². The number of nitrogens with zero attached hydrogens (tertiary/aromatic N) is 2. The summed E-state index contributed by atoms with van der Waals surface area (Å²) in [6.07, 6.45) is 2.86. The predicted molar refractivity (Wildman–Crippen MR) is 75.9 cm³/mol. The number of aliphatic hydroxyl groups is 1. The second-order valence-corrected chi connectivity index (χ2v) is 4.41. The first-order chi connectivity index (χ1) is 8.74. The molecule has 1 aromatic heterocycles. The molecular formula is C14H25N3O. The van der Waals surface area contributed by atoms with Gasteiger partial charge in [0.15, 0.2) is 0 Å². The Morgan fingerprint density at radius 1 is 1.39 bits per heavy atom. The highest BCUT2D eigenvalue weighted by molar-refractivity contribution is 5.48. The molecule has 0 saturated carbocycles. The lowest BCUT2D eigenvalue weighted by molar-refractivity contribution is 0.301. The quantitative estimate of drug-likeness (QED) is 0.741. The summed E-state index contributed by atoms with van der Waals surface area (Å²) in [5, 5.41) is 12.6. The molecule has 0 amide bonds. The summed E-state index contributed by atoms with van der Waals surface area (Å²) >= 11 is 0. The van der Waals surface area contributed by atoms with Crippen molar-refractivity contribution in [2.45, 2.75) is 33.2 Å². The Bertz CT molecular complexity index is 338. The van der Waals surface area contributed by atoms with Crippen LogP contribution >= 0.6 is 0 Å². The summed E-state index contributed by atoms with van der Waals surface area (Å²) in [6.45, 7) is 9.03. The molecule has 4 heteroatoms. The van der Waals surface area contributed by atoms with Crippen molar-refractivity contribution < 1.29 is 5.11 Å². The number of hydrogen-bond acceptors (Lipinski definition) is 4. The van der Waals surface area contributed by atoms with E-state index in [1.54, 1.807) is 0 Å². The maximum Gasteiger partial charge on any atom is 0.133 e. The lowest BCUT2D eigenvalue weighted by Gasteiger charge is -2.26. The molecule has 0 bridgehead atoms. The lowest BCUT2D eigenvalue weighted by Crippen LogP contribution is -2.31. The van der Waals surface area contributed by atoms with Gasteiger partial charge < -0.3 is 15.3 Å². The number of anilines is 1. The van der Waals surface area contributed by atoms with Crippen molar-refractivity contribution in [3.8, 4) is 0 Å². The molecule has 0 saturated heterocycles. The van der Waals surface area contributed by atoms with Gasteiger partial charge in [0.1, 0.15) is 5.82 Å². The lowest BCUT2D eigenvalue weighted by atomic mass is 10.1. The van der Waals surface area contributed by atoms with Gasteiger partial charge in [-0.2, -0.15) is 0 Å². The first-order valence-electron chi connectivity index (χ1n) is 6.78. The summed E-state index contributed by atoms with van der Waals surface area (Å²) in [5.41, 5.74) is 1.20. The van der Waals surface area contributed by atoms with Crippen molar-refractivity contribution in [2.75, 3.05) is 31.1 Å². The van der Waals surface area contributed by atoms with Gasteiger partial charge in [0, 0.05) is 30.9 Å². The van der Waals surface area contributed by atoms with Crippen molar-refractivity contribution in [2.24, 2.45) is 0 Å². The normalized spacial score (nSPS) is 12.4. The van der Waals surface area contributed by atoms with E-state index in [1.807, 2.05) is 12.3 Å². The summed E-state index contributed by atoms with van der Waals surface area (Å²) in [6, 6.07) is 4.35. The largest absolute Gasteiger partial charge is 0.395 e. The molecule has 0 spiro atoms. The van der Waals surface area contributed by atoms with Crippen LogP contribution in [0.5, 0.6) is 0 Å². The second kappa shape index (κ2) is 8.06. The molecule has 4 nitrogen and oxygen atoms in total. The first kappa shape index (κ1) is 14.9. The third-order valence-electron chi connectivity index (χ3n) is 2.96. The Morgan fingerprint density at radius 3 is 2.78 bits per heavy atom. The standard InChI is InChI=1S/C14H25N3O/c1-4-9-17(10-11-18)14-13(7-6-8-16-14)12(3)15-5-2/h6-8,12,15,18H,4-5,9-11H2,1-3H3. The van der Waals surface area contributed by atoms with E-state index in [0.29, 0.717) is 6.54 Å². The van der Waals surface area contributed by atoms with Crippen LogP contribution in [0.1, 0.15) is 38.8 Å². The fourth-order valence-electron chi connectivity index (χ4n) is 2.14. The third-order valence-corrected chi connectivity index (χ3v) is 2.96. The van der Waals surface area contributed by atoms with Gasteiger partial charge >= 0.3 is 0 Å². The fourth-order valence-corrected chi connectivity index (χ4v) is 2.14. The van der Waals surface area contributed by atoms with Crippen LogP contribution in [0.25, 0.3) is 0 Å². The fraction of sp³-hybridized carbons (Fsp3) is 0.643. The van der Waals surface area contributed by atoms with Crippen LogP contribution in [0, 0.1) is 0 Å². The molecule has 2 N–H and O–H groups in total. The van der Waals surface area contributed by atoms with Crippen LogP contribution in [0.3, 0.4) is 0 Å². The average molecular weight is 251 g/mol. The SMILES string of the molecule is CCCN(CCO)c1ncccc1C(C)NCC. The zero-order valence-corrected chi connectivity index (χ0v) is 11.7. The number of aliphatic hydroxyl groups excluding tert-OH is 1. The van der Waals surface area contributed by atoms with Crippen molar-refractivity contribution in [1.29, 1.82) is 0 Å². The molecule has 0 fully saturated rings. The molecule has 1 atom stereocenters. The van der Waals surface area contributed by atoms with E-state index in [1.165, 1.54) is 5.56 Å². The zero-order chi connectivity index (χ0) is 13.4. The van der Waals surface area contributed by atoms with Gasteiger partial charge in [-0.15, -0.1) is 0 Å². The molecule has 0 radical (unpaired) electrons. The van der Waals surface area contributed by atoms with Crippen LogP contribution in [-0.2, 0) is 0 Å². The Kier molecular flexibility index (Phi) is 6.68. The molecule has 1 heterocycles. The van der Waals surface area contributed by atoms with Crippen LogP contribution in [0.4, 0.5) is 5.82 Å². The second-order valence-electron chi connectivity index (χ2n) is 4.41. The Morgan fingerprint density at radius 2 is 2.17 bits per heavy atom. The van der Waals surface area contributed by atoms with E-state index in [9.17, 15) is 5.11 Å². The van der Waals surface area contributed by atoms with Crippen LogP contribution in [-0.4, -0.2) is 36.3 Å². The van der Waals surface area contributed by atoms with Gasteiger partial charge in [-0.1, -0.05) is 19.9 Å². The summed E-state index contributed by atoms with van der Waals surface area (Å²) < 4.78 is 0. The maximum absolute atomic E-state index is 9.17. The van der Waals surface area contributed by atoms with Crippen molar-refractivity contribution in [3.05, 3.63) is 23.9 Å². The van der Waals surface area contributed by atoms with E-state index in [2.05, 4.69) is 42.0 Å². The molecule has 1 aromatic rings. The molecule has 102 valence electrons. The molecule has 0 aliphatic rings. The van der Waals surface area contributed by atoms with Gasteiger partial charge in [-0.25, -0.2) is 4.98 Å². The molecular weight excluding hydrogens is 226 g/mol. The van der Waals surface area contributed by atoms with E-state index in [-0.39, 0.29) is 12.6 Å². The first-order valence-corrected chi connectivity index (χ1v) is 6.78. The summed E-state index contributed by atoms with van der Waals surface area (Å²) in [5.74, 6) is 0.988. The molecule has 1 unspecified atom stereocenters. The molecule has 18 heavy (non-hydrogen) atoms. The molecule has 1 rings (SSSR count). The predicted octanol–water partition coefficient (Wildman–Crippen LogP) is 1.96. The third kappa shape index (κ3) is 3.96. The zero-order valence-electron chi connectivity index (χ0n) is 11.7. The summed E-state index contributed by atoms with van der Waals surface area (Å²) in [7, 11) is 0. The smallest absolute Gasteiger partial charge is 0.133 e. The van der Waals surface area contributed by atoms with Crippen LogP contribution < -0.4 is 10.2 Å². The van der Waals surface area contributed by atoms with Crippen LogP contribution in [0.2, 0.25) is 0 Å². The number of nitrogens with one attached hydrogen (secondary N) is 1. The van der Waals surface area contributed by atoms with Crippen molar-refractivity contribution in [1.82, 2.24) is 10.3 Å². The van der Waals surface area contributed by atoms with Gasteiger partial charge in [0.05, 0.1) is 6.61 Å². The minimum Gasteiger partial charge on any atom is -0.395 e. The highest BCUT2D eigenvalue weighted by Gasteiger charge is 2.15. The highest BCUT2D eigenvalue weighted by atomic mass is 16.3. The Balaban J connectivity index is 2.97. The van der Waals surface area contributed by atoms with Crippen molar-refractivity contribution >= 4 is 5.82 Å². The van der Waals surface area contributed by atoms with Crippen LogP contribution in [0.15, 0.2) is 18.3 Å². The van der Waals surface area contributed by atoms with E-state index < -0.39 is 0 Å². The Hall–Kier alpha value is -1.13. The molecule has 0 aliphatic heterocycles. The minimum absolute atomic E-state index is 0.158. The van der Waals surface area contributed by atoms with Gasteiger partial charge in [0.25, 0.3) is 0 Å². The van der Waals surface area contributed by atoms with E-state index in [4.69, 9.17) is 0 Å². The topological polar surface area (TPSA) is 48.4 Å². The monoisotopic (exact) mass is 251 g/mol. The Labute approximate surface area is 110 Å². The van der Waals surface area contributed by atoms with Gasteiger partial charge in [-0.05, 0) is 26.0 Å². The van der Waals surface area contributed by atoms with Crippen molar-refractivity contribution in [3.63, 3.8) is 0 Å². The van der Waals surface area contributed by atoms with Gasteiger partial charge in [0.2, 0.25) is 0 Å². The number of pyridine rings is 1. The molecule has 0 aliphatic carbocycles. The van der Waals surface area contributed by atoms with E-state index in [0.717, 1.165) is 25.3 Å². The van der Waals surface area contributed by atoms with Gasteiger partial charge in [-0.3, -0.25) is 0 Å². The number of aromatic nitrogens is 1. The maximum atomic E-state index is 9.17. The molecule has 0 aromatic carbocycles. The average Bonchev–Trinajstić information content (AvgIpc) is 2.39. The minimum atomic E-state index is 0.158.